The van der Waals surface area contributed by atoms with E-state index < -0.39 is 0 Å². The van der Waals surface area contributed by atoms with Crippen LogP contribution in [0.2, 0.25) is 0 Å². The fourth-order valence-electron chi connectivity index (χ4n) is 3.21. The molecule has 1 aromatic carbocycles. The van der Waals surface area contributed by atoms with E-state index in [2.05, 4.69) is 37.3 Å². The molecule has 9 heteroatoms. The number of carbonyl (C=O) groups excluding carboxylic acids is 1. The van der Waals surface area contributed by atoms with E-state index in [4.69, 9.17) is 0 Å². The highest BCUT2D eigenvalue weighted by Crippen LogP contribution is 2.20. The topological polar surface area (TPSA) is 93.8 Å². The molecule has 0 atom stereocenters. The van der Waals surface area contributed by atoms with E-state index in [0.29, 0.717) is 31.9 Å². The highest BCUT2D eigenvalue weighted by atomic mass is 16.2. The molecule has 4 rings (SSSR count). The van der Waals surface area contributed by atoms with Crippen LogP contribution in [-0.4, -0.2) is 53.8 Å². The molecule has 1 aliphatic rings. The van der Waals surface area contributed by atoms with Crippen molar-refractivity contribution in [3.8, 4) is 11.4 Å². The molecule has 2 aromatic heterocycles. The van der Waals surface area contributed by atoms with E-state index in [1.165, 1.54) is 0 Å². The van der Waals surface area contributed by atoms with Gasteiger partial charge in [-0.05, 0) is 6.42 Å². The SMILES string of the molecule is CCCn1cc(NC(=O)N2CCc3nnc(-c4ccccc4)n3CC2)nn1. The maximum Gasteiger partial charge on any atom is 0.323 e. The lowest BCUT2D eigenvalue weighted by atomic mass is 10.2. The number of hydrogen-bond donors (Lipinski definition) is 1. The van der Waals surface area contributed by atoms with Gasteiger partial charge in [0.25, 0.3) is 0 Å². The van der Waals surface area contributed by atoms with Gasteiger partial charge in [0, 0.05) is 38.2 Å². The lowest BCUT2D eigenvalue weighted by molar-refractivity contribution is 0.212. The molecule has 2 amide bonds. The maximum atomic E-state index is 12.6. The minimum atomic E-state index is -0.168. The van der Waals surface area contributed by atoms with E-state index in [0.717, 1.165) is 30.2 Å². The summed E-state index contributed by atoms with van der Waals surface area (Å²) >= 11 is 0. The predicted molar refractivity (Wildman–Crippen MR) is 100 cm³/mol. The molecule has 9 nitrogen and oxygen atoms in total. The first-order chi connectivity index (χ1) is 13.2. The normalized spacial score (nSPS) is 13.9. The van der Waals surface area contributed by atoms with Gasteiger partial charge in [-0.15, -0.1) is 15.3 Å². The first-order valence-corrected chi connectivity index (χ1v) is 9.18. The number of anilines is 1. The highest BCUT2D eigenvalue weighted by Gasteiger charge is 2.22. The minimum absolute atomic E-state index is 0.168. The molecule has 0 radical (unpaired) electrons. The Morgan fingerprint density at radius 2 is 1.96 bits per heavy atom. The highest BCUT2D eigenvalue weighted by molar-refractivity contribution is 5.88. The van der Waals surface area contributed by atoms with Crippen LogP contribution in [0, 0.1) is 0 Å². The van der Waals surface area contributed by atoms with Gasteiger partial charge in [-0.1, -0.05) is 42.5 Å². The zero-order chi connectivity index (χ0) is 18.6. The van der Waals surface area contributed by atoms with Gasteiger partial charge < -0.3 is 9.47 Å². The predicted octanol–water partition coefficient (Wildman–Crippen LogP) is 2.04. The summed E-state index contributed by atoms with van der Waals surface area (Å²) in [4.78, 5) is 14.4. The van der Waals surface area contributed by atoms with E-state index in [1.54, 1.807) is 15.8 Å². The third kappa shape index (κ3) is 3.67. The van der Waals surface area contributed by atoms with Gasteiger partial charge in [-0.3, -0.25) is 10.00 Å². The van der Waals surface area contributed by atoms with E-state index >= 15 is 0 Å². The third-order valence-electron chi connectivity index (χ3n) is 4.57. The first-order valence-electron chi connectivity index (χ1n) is 9.18. The van der Waals surface area contributed by atoms with Gasteiger partial charge >= 0.3 is 6.03 Å². The molecule has 27 heavy (non-hydrogen) atoms. The first kappa shape index (κ1) is 17.2. The third-order valence-corrected chi connectivity index (χ3v) is 4.57. The second-order valence-electron chi connectivity index (χ2n) is 6.49. The van der Waals surface area contributed by atoms with Crippen molar-refractivity contribution >= 4 is 11.8 Å². The average molecular weight is 366 g/mol. The Labute approximate surface area is 157 Å². The number of nitrogens with one attached hydrogen (secondary N) is 1. The Balaban J connectivity index is 1.44. The van der Waals surface area contributed by atoms with Crippen molar-refractivity contribution in [2.75, 3.05) is 18.4 Å². The summed E-state index contributed by atoms with van der Waals surface area (Å²) in [5, 5.41) is 19.5. The van der Waals surface area contributed by atoms with Crippen LogP contribution in [0.4, 0.5) is 10.6 Å². The monoisotopic (exact) mass is 366 g/mol. The van der Waals surface area contributed by atoms with Crippen LogP contribution >= 0.6 is 0 Å². The van der Waals surface area contributed by atoms with Crippen LogP contribution in [0.15, 0.2) is 36.5 Å². The maximum absolute atomic E-state index is 12.6. The Kier molecular flexibility index (Phi) is 4.82. The Morgan fingerprint density at radius 1 is 1.11 bits per heavy atom. The van der Waals surface area contributed by atoms with Gasteiger partial charge in [-0.25, -0.2) is 4.79 Å². The van der Waals surface area contributed by atoms with Crippen molar-refractivity contribution in [2.24, 2.45) is 0 Å². The van der Waals surface area contributed by atoms with Crippen LogP contribution in [0.3, 0.4) is 0 Å². The molecule has 0 bridgehead atoms. The summed E-state index contributed by atoms with van der Waals surface area (Å²) in [6.07, 6.45) is 3.38. The molecule has 1 aliphatic heterocycles. The number of carbonyl (C=O) groups is 1. The molecule has 140 valence electrons. The number of hydrogen-bond acceptors (Lipinski definition) is 5. The summed E-state index contributed by atoms with van der Waals surface area (Å²) in [7, 11) is 0. The van der Waals surface area contributed by atoms with Crippen molar-refractivity contribution in [3.05, 3.63) is 42.4 Å². The number of fused-ring (bicyclic) bond motifs is 1. The van der Waals surface area contributed by atoms with Gasteiger partial charge in [0.2, 0.25) is 0 Å². The van der Waals surface area contributed by atoms with Crippen molar-refractivity contribution in [3.63, 3.8) is 0 Å². The second kappa shape index (κ2) is 7.56. The number of benzene rings is 1. The smallest absolute Gasteiger partial charge is 0.322 e. The molecule has 3 heterocycles. The Bertz CT molecular complexity index is 917. The summed E-state index contributed by atoms with van der Waals surface area (Å²) in [5.74, 6) is 2.22. The van der Waals surface area contributed by atoms with Gasteiger partial charge in [0.15, 0.2) is 11.6 Å². The van der Waals surface area contributed by atoms with E-state index in [-0.39, 0.29) is 6.03 Å². The van der Waals surface area contributed by atoms with Crippen LogP contribution in [0.25, 0.3) is 11.4 Å². The zero-order valence-corrected chi connectivity index (χ0v) is 15.2. The molecular formula is C18H22N8O. The lowest BCUT2D eigenvalue weighted by Crippen LogP contribution is -2.37. The molecular weight excluding hydrogens is 344 g/mol. The van der Waals surface area contributed by atoms with Crippen LogP contribution in [-0.2, 0) is 19.5 Å². The Morgan fingerprint density at radius 3 is 2.78 bits per heavy atom. The lowest BCUT2D eigenvalue weighted by Gasteiger charge is -2.19. The zero-order valence-electron chi connectivity index (χ0n) is 15.2. The number of amides is 2. The quantitative estimate of drug-likeness (QED) is 0.762. The molecule has 0 aliphatic carbocycles. The molecule has 0 unspecified atom stereocenters. The minimum Gasteiger partial charge on any atom is -0.322 e. The van der Waals surface area contributed by atoms with Crippen molar-refractivity contribution < 1.29 is 4.79 Å². The molecule has 0 saturated carbocycles. The molecule has 0 spiro atoms. The van der Waals surface area contributed by atoms with Crippen LogP contribution in [0.5, 0.6) is 0 Å². The summed E-state index contributed by atoms with van der Waals surface area (Å²) < 4.78 is 3.83. The largest absolute Gasteiger partial charge is 0.323 e. The van der Waals surface area contributed by atoms with Crippen molar-refractivity contribution in [1.29, 1.82) is 0 Å². The van der Waals surface area contributed by atoms with Crippen molar-refractivity contribution in [1.82, 2.24) is 34.7 Å². The fourth-order valence-corrected chi connectivity index (χ4v) is 3.21. The molecule has 0 saturated heterocycles. The summed E-state index contributed by atoms with van der Waals surface area (Å²) in [5.41, 5.74) is 1.03. The van der Waals surface area contributed by atoms with E-state index in [1.807, 2.05) is 30.3 Å². The molecule has 3 aromatic rings. The molecule has 1 N–H and O–H groups in total. The number of nitrogens with zero attached hydrogens (tertiary/aromatic N) is 7. The number of aryl methyl sites for hydroxylation is 1. The Hall–Kier alpha value is -3.23. The number of aromatic nitrogens is 6. The van der Waals surface area contributed by atoms with Gasteiger partial charge in [0.1, 0.15) is 5.82 Å². The fraction of sp³-hybridized carbons (Fsp3) is 0.389. The van der Waals surface area contributed by atoms with E-state index in [9.17, 15) is 4.79 Å². The average Bonchev–Trinajstić information content (AvgIpc) is 3.24. The van der Waals surface area contributed by atoms with Crippen LogP contribution in [0.1, 0.15) is 19.2 Å². The second-order valence-corrected chi connectivity index (χ2v) is 6.49. The standard InChI is InChI=1S/C18H22N8O/c1-2-9-25-13-15(20-23-25)19-18(27)24-10-8-16-21-22-17(26(16)12-11-24)14-6-4-3-5-7-14/h3-7,13H,2,8-12H2,1H3,(H,19,27). The number of rotatable bonds is 4. The number of urea groups is 1. The van der Waals surface area contributed by atoms with Gasteiger partial charge in [-0.2, -0.15) is 0 Å². The molecule has 0 fully saturated rings. The van der Waals surface area contributed by atoms with Crippen molar-refractivity contribution in [2.45, 2.75) is 32.9 Å². The van der Waals surface area contributed by atoms with Crippen LogP contribution < -0.4 is 5.32 Å². The summed E-state index contributed by atoms with van der Waals surface area (Å²) in [6, 6.07) is 9.82. The van der Waals surface area contributed by atoms with Gasteiger partial charge in [0.05, 0.1) is 6.20 Å². The summed E-state index contributed by atoms with van der Waals surface area (Å²) in [6.45, 7) is 4.67.